The van der Waals surface area contributed by atoms with Crippen molar-refractivity contribution in [1.82, 2.24) is 0 Å². The fourth-order valence-corrected chi connectivity index (χ4v) is 8.48. The standard InChI is InChI=1S/C48H31NS/c1-3-9-36-27-38(18-17-32(36)7-1)34-13-15-35(16-14-34)39-19-20-41-30-43(24-22-40(41)28-39)49(42-23-21-33-8-2-4-10-37(33)29-42)44-25-26-48-46(31-44)45-11-5-6-12-47(45)50-48/h1-31H. The van der Waals surface area contributed by atoms with Crippen molar-refractivity contribution in [2.75, 3.05) is 4.90 Å². The number of rotatable bonds is 5. The minimum absolute atomic E-state index is 1.14. The summed E-state index contributed by atoms with van der Waals surface area (Å²) in [6.45, 7) is 0. The second-order valence-corrected chi connectivity index (χ2v) is 14.1. The van der Waals surface area contributed by atoms with E-state index in [1.54, 1.807) is 0 Å². The van der Waals surface area contributed by atoms with E-state index in [0.717, 1.165) is 17.1 Å². The number of thiophene rings is 1. The summed E-state index contributed by atoms with van der Waals surface area (Å²) in [7, 11) is 0. The Morgan fingerprint density at radius 3 is 1.38 bits per heavy atom. The van der Waals surface area contributed by atoms with Gasteiger partial charge in [0.1, 0.15) is 0 Å². The van der Waals surface area contributed by atoms with Crippen molar-refractivity contribution in [3.05, 3.63) is 188 Å². The van der Waals surface area contributed by atoms with Crippen LogP contribution in [0.3, 0.4) is 0 Å². The molecule has 0 unspecified atom stereocenters. The topological polar surface area (TPSA) is 3.24 Å². The first-order chi connectivity index (χ1) is 24.7. The summed E-state index contributed by atoms with van der Waals surface area (Å²) in [4.78, 5) is 2.40. The third-order valence-electron chi connectivity index (χ3n) is 9.99. The van der Waals surface area contributed by atoms with Gasteiger partial charge >= 0.3 is 0 Å². The van der Waals surface area contributed by atoms with Gasteiger partial charge in [0, 0.05) is 37.2 Å². The normalized spacial score (nSPS) is 11.6. The number of anilines is 3. The molecule has 0 fully saturated rings. The molecule has 9 aromatic carbocycles. The molecule has 1 heterocycles. The van der Waals surface area contributed by atoms with Crippen molar-refractivity contribution in [2.45, 2.75) is 0 Å². The van der Waals surface area contributed by atoms with Crippen LogP contribution in [0.1, 0.15) is 0 Å². The lowest BCUT2D eigenvalue weighted by atomic mass is 9.97. The van der Waals surface area contributed by atoms with Crippen molar-refractivity contribution >= 4 is 80.9 Å². The molecule has 0 atom stereocenters. The van der Waals surface area contributed by atoms with E-state index in [2.05, 4.69) is 193 Å². The highest BCUT2D eigenvalue weighted by Gasteiger charge is 2.16. The summed E-state index contributed by atoms with van der Waals surface area (Å²) in [6, 6.07) is 68.9. The van der Waals surface area contributed by atoms with Gasteiger partial charge in [-0.05, 0) is 115 Å². The summed E-state index contributed by atoms with van der Waals surface area (Å²) in [5.41, 5.74) is 8.34. The Labute approximate surface area is 294 Å². The molecule has 50 heavy (non-hydrogen) atoms. The predicted octanol–water partition coefficient (Wildman–Crippen LogP) is 14.3. The molecule has 0 aliphatic rings. The van der Waals surface area contributed by atoms with Gasteiger partial charge in [-0.3, -0.25) is 0 Å². The molecule has 0 saturated heterocycles. The highest BCUT2D eigenvalue weighted by molar-refractivity contribution is 7.25. The average molecular weight is 654 g/mol. The first kappa shape index (κ1) is 28.8. The molecule has 10 aromatic rings. The van der Waals surface area contributed by atoms with Gasteiger partial charge in [-0.2, -0.15) is 0 Å². The molecule has 0 spiro atoms. The molecule has 0 aliphatic heterocycles. The Balaban J connectivity index is 1.04. The molecular weight excluding hydrogens is 623 g/mol. The van der Waals surface area contributed by atoms with Crippen molar-refractivity contribution < 1.29 is 0 Å². The number of hydrogen-bond donors (Lipinski definition) is 0. The minimum Gasteiger partial charge on any atom is -0.310 e. The SMILES string of the molecule is c1ccc2cc(-c3ccc(-c4ccc5cc(N(c6ccc7ccccc7c6)c6ccc7sc8ccccc8c7c6)ccc5c4)cc3)ccc2c1. The smallest absolute Gasteiger partial charge is 0.0468 e. The summed E-state index contributed by atoms with van der Waals surface area (Å²) >= 11 is 1.86. The van der Waals surface area contributed by atoms with E-state index < -0.39 is 0 Å². The zero-order valence-corrected chi connectivity index (χ0v) is 28.1. The van der Waals surface area contributed by atoms with Gasteiger partial charge < -0.3 is 4.90 Å². The van der Waals surface area contributed by atoms with Crippen LogP contribution in [0.4, 0.5) is 17.1 Å². The van der Waals surface area contributed by atoms with Crippen molar-refractivity contribution in [2.24, 2.45) is 0 Å². The molecular formula is C48H31NS. The third-order valence-corrected chi connectivity index (χ3v) is 11.1. The number of fused-ring (bicyclic) bond motifs is 6. The largest absolute Gasteiger partial charge is 0.310 e. The Hall–Kier alpha value is -6.22. The van der Waals surface area contributed by atoms with Gasteiger partial charge in [0.2, 0.25) is 0 Å². The Morgan fingerprint density at radius 1 is 0.280 bits per heavy atom. The van der Waals surface area contributed by atoms with Crippen LogP contribution < -0.4 is 4.90 Å². The molecule has 2 heteroatoms. The third kappa shape index (κ3) is 5.01. The second-order valence-electron chi connectivity index (χ2n) is 13.0. The first-order valence-electron chi connectivity index (χ1n) is 17.1. The van der Waals surface area contributed by atoms with Gasteiger partial charge in [0.15, 0.2) is 0 Å². The molecule has 1 aromatic heterocycles. The quantitative estimate of drug-likeness (QED) is 0.179. The van der Waals surface area contributed by atoms with E-state index in [1.807, 2.05) is 11.3 Å². The molecule has 0 bridgehead atoms. The second kappa shape index (κ2) is 11.7. The zero-order valence-electron chi connectivity index (χ0n) is 27.3. The average Bonchev–Trinajstić information content (AvgIpc) is 3.56. The van der Waals surface area contributed by atoms with E-state index in [0.29, 0.717) is 0 Å². The highest BCUT2D eigenvalue weighted by atomic mass is 32.1. The lowest BCUT2D eigenvalue weighted by Crippen LogP contribution is -2.09. The molecule has 0 radical (unpaired) electrons. The molecule has 0 saturated carbocycles. The molecule has 234 valence electrons. The van der Waals surface area contributed by atoms with Crippen LogP contribution in [-0.2, 0) is 0 Å². The van der Waals surface area contributed by atoms with Gasteiger partial charge in [0.25, 0.3) is 0 Å². The van der Waals surface area contributed by atoms with Crippen LogP contribution in [0.15, 0.2) is 188 Å². The van der Waals surface area contributed by atoms with E-state index >= 15 is 0 Å². The molecule has 1 nitrogen and oxygen atoms in total. The monoisotopic (exact) mass is 653 g/mol. The number of hydrogen-bond acceptors (Lipinski definition) is 2. The summed E-state index contributed by atoms with van der Waals surface area (Å²) in [5, 5.41) is 10.1. The van der Waals surface area contributed by atoms with Crippen LogP contribution in [-0.4, -0.2) is 0 Å². The van der Waals surface area contributed by atoms with E-state index in [-0.39, 0.29) is 0 Å². The maximum Gasteiger partial charge on any atom is 0.0468 e. The number of nitrogens with zero attached hydrogens (tertiary/aromatic N) is 1. The molecule has 0 amide bonds. The molecule has 10 rings (SSSR count). The summed E-state index contributed by atoms with van der Waals surface area (Å²) < 4.78 is 2.63. The predicted molar refractivity (Wildman–Crippen MR) is 217 cm³/mol. The molecule has 0 N–H and O–H groups in total. The maximum atomic E-state index is 2.40. The zero-order chi connectivity index (χ0) is 33.0. The fraction of sp³-hybridized carbons (Fsp3) is 0. The fourth-order valence-electron chi connectivity index (χ4n) is 7.39. The summed E-state index contributed by atoms with van der Waals surface area (Å²) in [5.74, 6) is 0. The van der Waals surface area contributed by atoms with Crippen molar-refractivity contribution in [3.63, 3.8) is 0 Å². The first-order valence-corrected chi connectivity index (χ1v) is 17.9. The van der Waals surface area contributed by atoms with E-state index in [9.17, 15) is 0 Å². The number of benzene rings is 9. The van der Waals surface area contributed by atoms with E-state index in [1.165, 1.54) is 74.7 Å². The Kier molecular flexibility index (Phi) is 6.75. The van der Waals surface area contributed by atoms with Crippen LogP contribution in [0.2, 0.25) is 0 Å². The van der Waals surface area contributed by atoms with E-state index in [4.69, 9.17) is 0 Å². The minimum atomic E-state index is 1.14. The van der Waals surface area contributed by atoms with Crippen molar-refractivity contribution in [1.29, 1.82) is 0 Å². The summed E-state index contributed by atoms with van der Waals surface area (Å²) in [6.07, 6.45) is 0. The van der Waals surface area contributed by atoms with Crippen LogP contribution in [0.25, 0.3) is 74.7 Å². The van der Waals surface area contributed by atoms with Crippen LogP contribution in [0, 0.1) is 0 Å². The van der Waals surface area contributed by atoms with Crippen molar-refractivity contribution in [3.8, 4) is 22.3 Å². The van der Waals surface area contributed by atoms with Gasteiger partial charge in [-0.25, -0.2) is 0 Å². The lowest BCUT2D eigenvalue weighted by Gasteiger charge is -2.26. The molecule has 0 aliphatic carbocycles. The van der Waals surface area contributed by atoms with Crippen LogP contribution >= 0.6 is 11.3 Å². The van der Waals surface area contributed by atoms with Gasteiger partial charge in [0.05, 0.1) is 0 Å². The van der Waals surface area contributed by atoms with Crippen LogP contribution in [0.5, 0.6) is 0 Å². The van der Waals surface area contributed by atoms with Gasteiger partial charge in [-0.1, -0.05) is 127 Å². The Morgan fingerprint density at radius 2 is 0.700 bits per heavy atom. The van der Waals surface area contributed by atoms with Gasteiger partial charge in [-0.15, -0.1) is 11.3 Å². The maximum absolute atomic E-state index is 2.40. The Bertz CT molecular complexity index is 2880. The highest BCUT2D eigenvalue weighted by Crippen LogP contribution is 2.42. The lowest BCUT2D eigenvalue weighted by molar-refractivity contribution is 1.30.